The number of benzene rings is 3. The second-order valence-electron chi connectivity index (χ2n) is 7.94. The lowest BCUT2D eigenvalue weighted by Gasteiger charge is -2.14. The summed E-state index contributed by atoms with van der Waals surface area (Å²) in [5.74, 6) is -1.41. The largest absolute Gasteiger partial charge is 0.465 e. The summed E-state index contributed by atoms with van der Waals surface area (Å²) >= 11 is 6.07. The zero-order valence-corrected chi connectivity index (χ0v) is 20.2. The molecule has 0 aromatic heterocycles. The number of esters is 2. The van der Waals surface area contributed by atoms with E-state index in [1.54, 1.807) is 66.7 Å². The fourth-order valence-corrected chi connectivity index (χ4v) is 4.02. The lowest BCUT2D eigenvalue weighted by atomic mass is 9.92. The average molecular weight is 504 g/mol. The Labute approximate surface area is 212 Å². The maximum atomic E-state index is 13.1. The monoisotopic (exact) mass is 503 g/mol. The second kappa shape index (κ2) is 10.6. The summed E-state index contributed by atoms with van der Waals surface area (Å²) in [6.45, 7) is 0. The van der Waals surface area contributed by atoms with Crippen LogP contribution < -0.4 is 5.32 Å². The lowest BCUT2D eigenvalue weighted by molar-refractivity contribution is -0.117. The predicted molar refractivity (Wildman–Crippen MR) is 135 cm³/mol. The number of halogens is 1. The molecule has 182 valence electrons. The first kappa shape index (κ1) is 24.9. The van der Waals surface area contributed by atoms with Gasteiger partial charge in [-0.2, -0.15) is 0 Å². The third-order valence-electron chi connectivity index (χ3n) is 5.73. The molecule has 1 amide bonds. The molecule has 0 fully saturated rings. The van der Waals surface area contributed by atoms with Crippen molar-refractivity contribution in [1.82, 2.24) is 5.32 Å². The number of hydrogen-bond donors (Lipinski definition) is 2. The van der Waals surface area contributed by atoms with Crippen LogP contribution in [0.4, 0.5) is 0 Å². The predicted octanol–water partition coefficient (Wildman–Crippen LogP) is 4.57. The number of carbonyl (C=O) groups excluding carboxylic acids is 3. The van der Waals surface area contributed by atoms with E-state index in [9.17, 15) is 19.5 Å². The summed E-state index contributed by atoms with van der Waals surface area (Å²) < 4.78 is 9.45. The van der Waals surface area contributed by atoms with Crippen LogP contribution in [0.15, 0.2) is 84.1 Å². The molecule has 8 heteroatoms. The molecule has 4 rings (SSSR count). The Bertz CT molecular complexity index is 1370. The van der Waals surface area contributed by atoms with E-state index in [2.05, 4.69) is 5.32 Å². The molecule has 2 N–H and O–H groups in total. The minimum absolute atomic E-state index is 0.153. The molecule has 1 aliphatic rings. The quantitative estimate of drug-likeness (QED) is 0.478. The molecule has 36 heavy (non-hydrogen) atoms. The normalized spacial score (nSPS) is 15.0. The molecule has 1 aliphatic heterocycles. The Morgan fingerprint density at radius 3 is 1.92 bits per heavy atom. The van der Waals surface area contributed by atoms with E-state index in [4.69, 9.17) is 21.1 Å². The topological polar surface area (TPSA) is 102 Å². The standard InChI is InChI=1S/C28H22ClNO6/c1-35-27(33)19-5-3-16(4-6-19)15-22-23(17-11-13-21(29)14-12-17)24(26(32)30-22)25(31)18-7-9-20(10-8-18)28(34)36-2/h3-15,25,31H,1-2H3,(H,30,32)/b22-15-. The molecule has 7 nitrogen and oxygen atoms in total. The Balaban J connectivity index is 1.79. The maximum absolute atomic E-state index is 13.1. The number of rotatable bonds is 6. The van der Waals surface area contributed by atoms with Crippen molar-refractivity contribution in [3.63, 3.8) is 0 Å². The molecule has 0 aliphatic carbocycles. The molecular weight excluding hydrogens is 482 g/mol. The van der Waals surface area contributed by atoms with E-state index in [1.807, 2.05) is 0 Å². The van der Waals surface area contributed by atoms with Crippen LogP contribution in [0.2, 0.25) is 5.02 Å². The van der Waals surface area contributed by atoms with Crippen LogP contribution >= 0.6 is 11.6 Å². The van der Waals surface area contributed by atoms with Crippen molar-refractivity contribution in [3.05, 3.63) is 117 Å². The van der Waals surface area contributed by atoms with Gasteiger partial charge in [-0.25, -0.2) is 9.59 Å². The van der Waals surface area contributed by atoms with Gasteiger partial charge in [0.2, 0.25) is 0 Å². The highest BCUT2D eigenvalue weighted by atomic mass is 35.5. The molecule has 0 spiro atoms. The number of aliphatic hydroxyl groups is 1. The van der Waals surface area contributed by atoms with E-state index < -0.39 is 23.9 Å². The van der Waals surface area contributed by atoms with Gasteiger partial charge in [-0.1, -0.05) is 48.0 Å². The van der Waals surface area contributed by atoms with E-state index in [0.29, 0.717) is 38.5 Å². The van der Waals surface area contributed by atoms with Crippen LogP contribution in [-0.2, 0) is 14.3 Å². The number of amides is 1. The van der Waals surface area contributed by atoms with Gasteiger partial charge in [-0.3, -0.25) is 4.79 Å². The van der Waals surface area contributed by atoms with Gasteiger partial charge in [0.25, 0.3) is 5.91 Å². The molecule has 3 aromatic rings. The maximum Gasteiger partial charge on any atom is 0.337 e. The number of carbonyl (C=O) groups is 3. The van der Waals surface area contributed by atoms with Crippen LogP contribution in [0.1, 0.15) is 43.5 Å². The van der Waals surface area contributed by atoms with Gasteiger partial charge in [0, 0.05) is 10.6 Å². The van der Waals surface area contributed by atoms with Gasteiger partial charge in [-0.05, 0) is 59.2 Å². The summed E-state index contributed by atoms with van der Waals surface area (Å²) in [6, 6.07) is 19.8. The van der Waals surface area contributed by atoms with Crippen molar-refractivity contribution >= 4 is 41.1 Å². The Kier molecular flexibility index (Phi) is 7.33. The number of methoxy groups -OCH3 is 2. The molecule has 0 saturated carbocycles. The molecule has 1 unspecified atom stereocenters. The summed E-state index contributed by atoms with van der Waals surface area (Å²) in [5.41, 5.74) is 3.70. The Hall–Kier alpha value is -4.20. The van der Waals surface area contributed by atoms with Crippen molar-refractivity contribution in [2.45, 2.75) is 6.10 Å². The second-order valence-corrected chi connectivity index (χ2v) is 8.37. The average Bonchev–Trinajstić information content (AvgIpc) is 3.23. The first-order chi connectivity index (χ1) is 17.3. The SMILES string of the molecule is COC(=O)c1ccc(/C=C2\NC(=O)C(C(O)c3ccc(C(=O)OC)cc3)=C2c2ccc(Cl)cc2)cc1. The zero-order chi connectivity index (χ0) is 25.8. The Morgan fingerprint density at radius 2 is 1.39 bits per heavy atom. The number of ether oxygens (including phenoxy) is 2. The minimum atomic E-state index is -1.27. The molecule has 3 aromatic carbocycles. The van der Waals surface area contributed by atoms with Crippen LogP contribution in [0.25, 0.3) is 11.6 Å². The van der Waals surface area contributed by atoms with Gasteiger partial charge in [0.1, 0.15) is 6.10 Å². The fraction of sp³-hybridized carbons (Fsp3) is 0.107. The van der Waals surface area contributed by atoms with Crippen molar-refractivity contribution < 1.29 is 29.0 Å². The van der Waals surface area contributed by atoms with Gasteiger partial charge in [0.15, 0.2) is 0 Å². The van der Waals surface area contributed by atoms with Crippen LogP contribution in [0, 0.1) is 0 Å². The molecule has 1 heterocycles. The van der Waals surface area contributed by atoms with Crippen molar-refractivity contribution in [3.8, 4) is 0 Å². The number of aliphatic hydroxyl groups excluding tert-OH is 1. The summed E-state index contributed by atoms with van der Waals surface area (Å²) in [4.78, 5) is 36.6. The minimum Gasteiger partial charge on any atom is -0.465 e. The van der Waals surface area contributed by atoms with Crippen molar-refractivity contribution in [2.24, 2.45) is 0 Å². The van der Waals surface area contributed by atoms with Gasteiger partial charge in [0.05, 0.1) is 36.6 Å². The van der Waals surface area contributed by atoms with Crippen LogP contribution in [0.3, 0.4) is 0 Å². The summed E-state index contributed by atoms with van der Waals surface area (Å²) in [7, 11) is 2.60. The molecule has 0 saturated heterocycles. The third-order valence-corrected chi connectivity index (χ3v) is 5.98. The summed E-state index contributed by atoms with van der Waals surface area (Å²) in [5, 5.41) is 14.6. The smallest absolute Gasteiger partial charge is 0.337 e. The van der Waals surface area contributed by atoms with Gasteiger partial charge in [-0.15, -0.1) is 0 Å². The van der Waals surface area contributed by atoms with Crippen molar-refractivity contribution in [2.75, 3.05) is 14.2 Å². The lowest BCUT2D eigenvalue weighted by Crippen LogP contribution is -2.19. The first-order valence-electron chi connectivity index (χ1n) is 10.9. The van der Waals surface area contributed by atoms with Gasteiger partial charge >= 0.3 is 11.9 Å². The first-order valence-corrected chi connectivity index (χ1v) is 11.3. The van der Waals surface area contributed by atoms with Gasteiger partial charge < -0.3 is 19.9 Å². The van der Waals surface area contributed by atoms with Crippen LogP contribution in [0.5, 0.6) is 0 Å². The number of hydrogen-bond acceptors (Lipinski definition) is 6. The number of allylic oxidation sites excluding steroid dienone is 1. The van der Waals surface area contributed by atoms with E-state index >= 15 is 0 Å². The van der Waals surface area contributed by atoms with Crippen LogP contribution in [-0.4, -0.2) is 37.2 Å². The molecule has 0 radical (unpaired) electrons. The molecule has 0 bridgehead atoms. The van der Waals surface area contributed by atoms with E-state index in [1.165, 1.54) is 26.4 Å². The fourth-order valence-electron chi connectivity index (χ4n) is 3.89. The highest BCUT2D eigenvalue weighted by Crippen LogP contribution is 2.38. The van der Waals surface area contributed by atoms with E-state index in [0.717, 1.165) is 5.56 Å². The van der Waals surface area contributed by atoms with E-state index in [-0.39, 0.29) is 5.57 Å². The van der Waals surface area contributed by atoms with Crippen molar-refractivity contribution in [1.29, 1.82) is 0 Å². The molecule has 1 atom stereocenters. The molecular formula is C28H22ClNO6. The highest BCUT2D eigenvalue weighted by Gasteiger charge is 2.33. The highest BCUT2D eigenvalue weighted by molar-refractivity contribution is 6.30. The summed E-state index contributed by atoms with van der Waals surface area (Å²) in [6.07, 6.45) is 0.484. The zero-order valence-electron chi connectivity index (χ0n) is 19.4. The number of nitrogens with one attached hydrogen (secondary N) is 1. The third kappa shape index (κ3) is 5.07. The Morgan fingerprint density at radius 1 is 0.861 bits per heavy atom.